The van der Waals surface area contributed by atoms with Crippen molar-refractivity contribution in [3.05, 3.63) is 88.8 Å². The Morgan fingerprint density at radius 2 is 1.54 bits per heavy atom. The summed E-state index contributed by atoms with van der Waals surface area (Å²) in [5.74, 6) is 0.396. The number of ether oxygens (including phenoxy) is 1. The van der Waals surface area contributed by atoms with Crippen molar-refractivity contribution in [3.63, 3.8) is 0 Å². The Morgan fingerprint density at radius 1 is 0.923 bits per heavy atom. The van der Waals surface area contributed by atoms with Crippen molar-refractivity contribution < 1.29 is 9.53 Å². The van der Waals surface area contributed by atoms with Gasteiger partial charge < -0.3 is 4.74 Å². The molecule has 132 valence electrons. The molecule has 2 aromatic carbocycles. The van der Waals surface area contributed by atoms with Crippen LogP contribution in [0.15, 0.2) is 82.4 Å². The highest BCUT2D eigenvalue weighted by molar-refractivity contribution is 5.90. The fourth-order valence-electron chi connectivity index (χ4n) is 2.62. The summed E-state index contributed by atoms with van der Waals surface area (Å²) in [6.45, 7) is 6.04. The monoisotopic (exact) mass is 346 g/mol. The largest absolute Gasteiger partial charge is 0.427 e. The molecule has 1 unspecified atom stereocenters. The van der Waals surface area contributed by atoms with Crippen LogP contribution < -0.4 is 0 Å². The molecule has 0 bridgehead atoms. The Hall–Kier alpha value is -3.01. The second kappa shape index (κ2) is 7.91. The minimum absolute atomic E-state index is 0.0707. The molecule has 2 aromatic rings. The molecule has 4 nitrogen and oxygen atoms in total. The minimum atomic E-state index is -0.332. The Labute approximate surface area is 153 Å². The highest BCUT2D eigenvalue weighted by Gasteiger charge is 2.20. The van der Waals surface area contributed by atoms with E-state index in [1.54, 1.807) is 12.1 Å². The van der Waals surface area contributed by atoms with Crippen LogP contribution in [0, 0.1) is 19.8 Å². The topological polar surface area (TPSA) is 51.0 Å². The lowest BCUT2D eigenvalue weighted by molar-refractivity contribution is 0.0589. The predicted molar refractivity (Wildman–Crippen MR) is 102 cm³/mol. The number of carbonyl (C=O) groups is 1. The number of benzene rings is 2. The van der Waals surface area contributed by atoms with Crippen LogP contribution >= 0.6 is 0 Å². The van der Waals surface area contributed by atoms with Gasteiger partial charge in [-0.1, -0.05) is 42.3 Å². The smallest absolute Gasteiger partial charge is 0.343 e. The van der Waals surface area contributed by atoms with Gasteiger partial charge in [0.25, 0.3) is 0 Å². The summed E-state index contributed by atoms with van der Waals surface area (Å²) in [5.41, 5.74) is 4.55. The lowest BCUT2D eigenvalue weighted by atomic mass is 9.98. The number of azo groups is 1. The fraction of sp³-hybridized carbons (Fsp3) is 0.227. The van der Waals surface area contributed by atoms with Crippen LogP contribution in [0.1, 0.15) is 34.8 Å². The maximum atomic E-state index is 12.3. The van der Waals surface area contributed by atoms with Gasteiger partial charge in [-0.05, 0) is 50.3 Å². The van der Waals surface area contributed by atoms with Gasteiger partial charge in [-0.25, -0.2) is 4.79 Å². The lowest BCUT2D eigenvalue weighted by Crippen LogP contribution is -2.13. The third-order valence-corrected chi connectivity index (χ3v) is 4.27. The predicted octanol–water partition coefficient (Wildman–Crippen LogP) is 6.05. The van der Waals surface area contributed by atoms with Crippen LogP contribution in [-0.4, -0.2) is 5.97 Å². The molecule has 1 atom stereocenters. The van der Waals surface area contributed by atoms with Gasteiger partial charge in [-0.3, -0.25) is 0 Å². The van der Waals surface area contributed by atoms with Gasteiger partial charge in [-0.15, -0.1) is 0 Å². The molecule has 0 fully saturated rings. The molecule has 1 aliphatic rings. The van der Waals surface area contributed by atoms with E-state index in [1.165, 1.54) is 5.56 Å². The van der Waals surface area contributed by atoms with E-state index in [9.17, 15) is 4.79 Å². The van der Waals surface area contributed by atoms with Gasteiger partial charge in [0.2, 0.25) is 0 Å². The number of esters is 1. The summed E-state index contributed by atoms with van der Waals surface area (Å²) in [6.07, 6.45) is 4.35. The Bertz CT molecular complexity index is 875. The zero-order chi connectivity index (χ0) is 18.5. The second-order valence-electron chi connectivity index (χ2n) is 6.62. The maximum Gasteiger partial charge on any atom is 0.343 e. The summed E-state index contributed by atoms with van der Waals surface area (Å²) < 4.78 is 5.56. The van der Waals surface area contributed by atoms with Gasteiger partial charge in [-0.2, -0.15) is 10.2 Å². The van der Waals surface area contributed by atoms with Crippen molar-refractivity contribution in [2.24, 2.45) is 16.1 Å². The highest BCUT2D eigenvalue weighted by Crippen LogP contribution is 2.28. The van der Waals surface area contributed by atoms with Crippen molar-refractivity contribution in [1.82, 2.24) is 0 Å². The van der Waals surface area contributed by atoms with E-state index in [-0.39, 0.29) is 11.9 Å². The van der Waals surface area contributed by atoms with Gasteiger partial charge >= 0.3 is 5.97 Å². The quantitative estimate of drug-likeness (QED) is 0.499. The Morgan fingerprint density at radius 3 is 2.15 bits per heavy atom. The molecular weight excluding hydrogens is 324 g/mol. The van der Waals surface area contributed by atoms with Crippen LogP contribution in [-0.2, 0) is 4.74 Å². The van der Waals surface area contributed by atoms with Gasteiger partial charge in [0, 0.05) is 12.3 Å². The summed E-state index contributed by atoms with van der Waals surface area (Å²) in [6, 6.07) is 15.3. The first-order valence-corrected chi connectivity index (χ1v) is 8.69. The van der Waals surface area contributed by atoms with Crippen LogP contribution in [0.5, 0.6) is 0 Å². The molecule has 1 aliphatic carbocycles. The molecule has 0 spiro atoms. The van der Waals surface area contributed by atoms with Gasteiger partial charge in [0.15, 0.2) is 0 Å². The first-order valence-electron chi connectivity index (χ1n) is 8.69. The van der Waals surface area contributed by atoms with Crippen molar-refractivity contribution in [1.29, 1.82) is 0 Å². The van der Waals surface area contributed by atoms with Crippen LogP contribution in [0.25, 0.3) is 0 Å². The number of carbonyl (C=O) groups excluding carboxylic acids is 1. The van der Waals surface area contributed by atoms with E-state index in [2.05, 4.69) is 10.2 Å². The standard InChI is InChI=1S/C22H22N2O2/c1-15-4-8-18(9-5-15)22(25)26-21-13-12-20(14-17(21)3)24-23-19-10-6-16(2)7-11-19/h4-13,17H,14H2,1-3H3. The van der Waals surface area contributed by atoms with E-state index >= 15 is 0 Å². The molecule has 0 N–H and O–H groups in total. The number of aryl methyl sites for hydroxylation is 2. The van der Waals surface area contributed by atoms with E-state index in [0.29, 0.717) is 17.7 Å². The summed E-state index contributed by atoms with van der Waals surface area (Å²) in [5, 5.41) is 8.58. The molecule has 0 aliphatic heterocycles. The third kappa shape index (κ3) is 4.54. The lowest BCUT2D eigenvalue weighted by Gasteiger charge is -2.19. The van der Waals surface area contributed by atoms with Crippen LogP contribution in [0.3, 0.4) is 0 Å². The van der Waals surface area contributed by atoms with E-state index in [1.807, 2.05) is 69.3 Å². The molecule has 3 rings (SSSR count). The number of nitrogens with zero attached hydrogens (tertiary/aromatic N) is 2. The van der Waals surface area contributed by atoms with E-state index < -0.39 is 0 Å². The average Bonchev–Trinajstić information content (AvgIpc) is 2.64. The van der Waals surface area contributed by atoms with Crippen molar-refractivity contribution in [3.8, 4) is 0 Å². The molecule has 0 amide bonds. The van der Waals surface area contributed by atoms with Crippen LogP contribution in [0.4, 0.5) is 5.69 Å². The normalized spacial score (nSPS) is 17.0. The SMILES string of the molecule is Cc1ccc(N=NC2=CC=C(OC(=O)c3ccc(C)cc3)C(C)C2)cc1. The molecule has 0 heterocycles. The van der Waals surface area contributed by atoms with Crippen LogP contribution in [0.2, 0.25) is 0 Å². The molecule has 4 heteroatoms. The first kappa shape index (κ1) is 17.8. The average molecular weight is 346 g/mol. The molecule has 0 aromatic heterocycles. The summed E-state index contributed by atoms with van der Waals surface area (Å²) >= 11 is 0. The fourth-order valence-corrected chi connectivity index (χ4v) is 2.62. The summed E-state index contributed by atoms with van der Waals surface area (Å²) in [4.78, 5) is 12.3. The van der Waals surface area contributed by atoms with Crippen molar-refractivity contribution in [2.75, 3.05) is 0 Å². The van der Waals surface area contributed by atoms with Gasteiger partial charge in [0.1, 0.15) is 5.76 Å². The Kier molecular flexibility index (Phi) is 5.42. The van der Waals surface area contributed by atoms with Crippen molar-refractivity contribution >= 4 is 11.7 Å². The molecule has 0 saturated carbocycles. The zero-order valence-corrected chi connectivity index (χ0v) is 15.3. The number of allylic oxidation sites excluding steroid dienone is 4. The minimum Gasteiger partial charge on any atom is -0.427 e. The number of rotatable bonds is 4. The van der Waals surface area contributed by atoms with Crippen molar-refractivity contribution in [2.45, 2.75) is 27.2 Å². The molecule has 26 heavy (non-hydrogen) atoms. The Balaban J connectivity index is 1.67. The third-order valence-electron chi connectivity index (χ3n) is 4.27. The van der Waals surface area contributed by atoms with E-state index in [0.717, 1.165) is 16.9 Å². The van der Waals surface area contributed by atoms with Gasteiger partial charge in [0.05, 0.1) is 16.9 Å². The maximum absolute atomic E-state index is 12.3. The van der Waals surface area contributed by atoms with E-state index in [4.69, 9.17) is 4.74 Å². The second-order valence-corrected chi connectivity index (χ2v) is 6.62. The molecule has 0 radical (unpaired) electrons. The molecular formula is C22H22N2O2. The molecule has 0 saturated heterocycles. The zero-order valence-electron chi connectivity index (χ0n) is 15.3. The number of hydrogen-bond donors (Lipinski definition) is 0. The summed E-state index contributed by atoms with van der Waals surface area (Å²) in [7, 11) is 0. The first-order chi connectivity index (χ1) is 12.5. The highest BCUT2D eigenvalue weighted by atomic mass is 16.5. The number of hydrogen-bond acceptors (Lipinski definition) is 4.